The van der Waals surface area contributed by atoms with E-state index in [2.05, 4.69) is 269 Å². The van der Waals surface area contributed by atoms with E-state index in [9.17, 15) is 0 Å². The van der Waals surface area contributed by atoms with Gasteiger partial charge in [0, 0.05) is 27.9 Å². The fraction of sp³-hybridized carbons (Fsp3) is 0.104. The molecular weight excluding hydrogens is 819 g/mol. The molecule has 3 aliphatic carbocycles. The third-order valence-corrected chi connectivity index (χ3v) is 15.8. The second kappa shape index (κ2) is 15.0. The molecule has 0 spiro atoms. The van der Waals surface area contributed by atoms with Gasteiger partial charge in [-0.15, -0.1) is 0 Å². The summed E-state index contributed by atoms with van der Waals surface area (Å²) in [4.78, 5) is 2.48. The second-order valence-electron chi connectivity index (χ2n) is 20.0. The number of benzene rings is 10. The zero-order valence-corrected chi connectivity index (χ0v) is 39.0. The number of hydrogen-bond acceptors (Lipinski definition) is 1. The lowest BCUT2D eigenvalue weighted by molar-refractivity contribution is 0.660. The standard InChI is InChI=1S/C67H51N/c1-65(2)58-28-16-14-25-53(58)55-39-36-50(42-62(55)65)68(51-37-40-56-54-38-33-46(44-19-8-5-9-20-44)41-61(54)66(3,4)63(56)43-51)49-34-31-45(32-35-49)52-27-18-30-60-64(52)57-26-15-17-29-59(57)67(60,47-21-10-6-11-22-47)48-23-12-7-13-24-48/h5-43H,1-4H3. The van der Waals surface area contributed by atoms with Crippen molar-refractivity contribution in [2.75, 3.05) is 4.90 Å². The smallest absolute Gasteiger partial charge is 0.0713 e. The molecule has 324 valence electrons. The fourth-order valence-electron chi connectivity index (χ4n) is 12.5. The zero-order valence-electron chi connectivity index (χ0n) is 39.0. The van der Waals surface area contributed by atoms with E-state index in [0.29, 0.717) is 0 Å². The van der Waals surface area contributed by atoms with Crippen LogP contribution in [0.4, 0.5) is 17.1 Å². The first-order valence-electron chi connectivity index (χ1n) is 24.1. The topological polar surface area (TPSA) is 3.24 Å². The Balaban J connectivity index is 0.962. The summed E-state index contributed by atoms with van der Waals surface area (Å²) in [5.41, 5.74) is 26.1. The summed E-state index contributed by atoms with van der Waals surface area (Å²) >= 11 is 0. The highest BCUT2D eigenvalue weighted by Gasteiger charge is 2.47. The predicted molar refractivity (Wildman–Crippen MR) is 284 cm³/mol. The Morgan fingerprint density at radius 1 is 0.265 bits per heavy atom. The minimum atomic E-state index is -0.452. The van der Waals surface area contributed by atoms with Crippen LogP contribution in [0.1, 0.15) is 72.2 Å². The maximum atomic E-state index is 2.48. The van der Waals surface area contributed by atoms with Crippen LogP contribution in [0.2, 0.25) is 0 Å². The minimum Gasteiger partial charge on any atom is -0.310 e. The number of nitrogens with zero attached hydrogens (tertiary/aromatic N) is 1. The Morgan fingerprint density at radius 3 is 1.31 bits per heavy atom. The molecule has 0 fully saturated rings. The molecule has 0 heterocycles. The molecular formula is C67H51N. The lowest BCUT2D eigenvalue weighted by atomic mass is 9.67. The summed E-state index contributed by atoms with van der Waals surface area (Å²) < 4.78 is 0. The van der Waals surface area contributed by atoms with E-state index in [1.165, 1.54) is 100 Å². The van der Waals surface area contributed by atoms with Crippen molar-refractivity contribution in [3.8, 4) is 55.6 Å². The molecule has 1 nitrogen and oxygen atoms in total. The van der Waals surface area contributed by atoms with Crippen LogP contribution in [0.25, 0.3) is 55.6 Å². The van der Waals surface area contributed by atoms with Gasteiger partial charge in [-0.3, -0.25) is 0 Å². The summed E-state index contributed by atoms with van der Waals surface area (Å²) in [6, 6.07) is 88.6. The highest BCUT2D eigenvalue weighted by atomic mass is 15.1. The molecule has 13 rings (SSSR count). The first-order chi connectivity index (χ1) is 33.2. The molecule has 10 aromatic carbocycles. The molecule has 0 N–H and O–H groups in total. The number of hydrogen-bond donors (Lipinski definition) is 0. The monoisotopic (exact) mass is 869 g/mol. The van der Waals surface area contributed by atoms with E-state index < -0.39 is 5.41 Å². The molecule has 1 heteroatoms. The van der Waals surface area contributed by atoms with E-state index in [4.69, 9.17) is 0 Å². The van der Waals surface area contributed by atoms with Gasteiger partial charge in [0.15, 0.2) is 0 Å². The first kappa shape index (κ1) is 40.3. The second-order valence-corrected chi connectivity index (χ2v) is 20.0. The molecule has 0 amide bonds. The Kier molecular flexibility index (Phi) is 8.89. The van der Waals surface area contributed by atoms with Crippen LogP contribution in [-0.2, 0) is 16.2 Å². The van der Waals surface area contributed by atoms with Crippen molar-refractivity contribution in [1.29, 1.82) is 0 Å². The van der Waals surface area contributed by atoms with Crippen LogP contribution in [-0.4, -0.2) is 0 Å². The molecule has 10 aromatic rings. The van der Waals surface area contributed by atoms with E-state index in [1.807, 2.05) is 0 Å². The van der Waals surface area contributed by atoms with Crippen LogP contribution in [0, 0.1) is 0 Å². The van der Waals surface area contributed by atoms with Gasteiger partial charge in [-0.2, -0.15) is 0 Å². The summed E-state index contributed by atoms with van der Waals surface area (Å²) in [7, 11) is 0. The van der Waals surface area contributed by atoms with Gasteiger partial charge in [0.05, 0.1) is 5.41 Å². The van der Waals surface area contributed by atoms with Crippen LogP contribution in [0.5, 0.6) is 0 Å². The van der Waals surface area contributed by atoms with E-state index >= 15 is 0 Å². The zero-order chi connectivity index (χ0) is 45.8. The molecule has 0 saturated carbocycles. The maximum absolute atomic E-state index is 2.48. The summed E-state index contributed by atoms with van der Waals surface area (Å²) in [5, 5.41) is 0. The SMILES string of the molecule is CC1(C)c2ccccc2-c2ccc(N(c3ccc(-c4cccc5c4-c4ccccc4C5(c4ccccc4)c4ccccc4)cc3)c3ccc4c(c3)C(C)(C)c3cc(-c5ccccc5)ccc3-4)cc21. The third-order valence-electron chi connectivity index (χ3n) is 15.8. The highest BCUT2D eigenvalue weighted by molar-refractivity contribution is 5.96. The van der Waals surface area contributed by atoms with Gasteiger partial charge in [0.1, 0.15) is 0 Å². The van der Waals surface area contributed by atoms with E-state index in [1.54, 1.807) is 0 Å². The molecule has 0 unspecified atom stereocenters. The van der Waals surface area contributed by atoms with Gasteiger partial charge in [-0.05, 0) is 143 Å². The lowest BCUT2D eigenvalue weighted by Crippen LogP contribution is -2.28. The summed E-state index contributed by atoms with van der Waals surface area (Å²) in [6.07, 6.45) is 0. The number of fused-ring (bicyclic) bond motifs is 9. The van der Waals surface area contributed by atoms with E-state index in [-0.39, 0.29) is 10.8 Å². The van der Waals surface area contributed by atoms with Crippen molar-refractivity contribution in [1.82, 2.24) is 0 Å². The third kappa shape index (κ3) is 5.75. The first-order valence-corrected chi connectivity index (χ1v) is 24.1. The lowest BCUT2D eigenvalue weighted by Gasteiger charge is -2.34. The highest BCUT2D eigenvalue weighted by Crippen LogP contribution is 2.59. The van der Waals surface area contributed by atoms with Crippen molar-refractivity contribution in [2.45, 2.75) is 43.9 Å². The van der Waals surface area contributed by atoms with E-state index in [0.717, 1.165) is 17.1 Å². The Labute approximate surface area is 400 Å². The predicted octanol–water partition coefficient (Wildman–Crippen LogP) is 17.5. The molecule has 68 heavy (non-hydrogen) atoms. The van der Waals surface area contributed by atoms with Crippen molar-refractivity contribution in [2.24, 2.45) is 0 Å². The molecule has 3 aliphatic rings. The van der Waals surface area contributed by atoms with Crippen molar-refractivity contribution < 1.29 is 0 Å². The van der Waals surface area contributed by atoms with Gasteiger partial charge >= 0.3 is 0 Å². The molecule has 0 aliphatic heterocycles. The van der Waals surface area contributed by atoms with Crippen LogP contribution < -0.4 is 4.90 Å². The van der Waals surface area contributed by atoms with Crippen molar-refractivity contribution >= 4 is 17.1 Å². The quantitative estimate of drug-likeness (QED) is 0.154. The fourth-order valence-corrected chi connectivity index (χ4v) is 12.5. The van der Waals surface area contributed by atoms with Gasteiger partial charge < -0.3 is 4.90 Å². The van der Waals surface area contributed by atoms with Crippen LogP contribution in [0.3, 0.4) is 0 Å². The number of anilines is 3. The number of rotatable bonds is 7. The molecule has 0 atom stereocenters. The van der Waals surface area contributed by atoms with Gasteiger partial charge in [-0.1, -0.05) is 222 Å². The van der Waals surface area contributed by atoms with Crippen molar-refractivity contribution in [3.05, 3.63) is 281 Å². The molecule has 0 saturated heterocycles. The van der Waals surface area contributed by atoms with Crippen molar-refractivity contribution in [3.63, 3.8) is 0 Å². The Morgan fingerprint density at radius 2 is 0.691 bits per heavy atom. The van der Waals surface area contributed by atoms with Gasteiger partial charge in [0.2, 0.25) is 0 Å². The Hall–Kier alpha value is -8.00. The summed E-state index contributed by atoms with van der Waals surface area (Å²) in [6.45, 7) is 9.54. The minimum absolute atomic E-state index is 0.131. The molecule has 0 bridgehead atoms. The normalized spacial score (nSPS) is 14.8. The maximum Gasteiger partial charge on any atom is 0.0713 e. The molecule has 0 aromatic heterocycles. The average Bonchev–Trinajstić information content (AvgIpc) is 3.92. The average molecular weight is 870 g/mol. The Bertz CT molecular complexity index is 3560. The van der Waals surface area contributed by atoms with Crippen LogP contribution >= 0.6 is 0 Å². The van der Waals surface area contributed by atoms with Crippen LogP contribution in [0.15, 0.2) is 237 Å². The molecule has 0 radical (unpaired) electrons. The van der Waals surface area contributed by atoms with Gasteiger partial charge in [-0.25, -0.2) is 0 Å². The van der Waals surface area contributed by atoms with Gasteiger partial charge in [0.25, 0.3) is 0 Å². The largest absolute Gasteiger partial charge is 0.310 e. The summed E-state index contributed by atoms with van der Waals surface area (Å²) in [5.74, 6) is 0.